The van der Waals surface area contributed by atoms with Gasteiger partial charge < -0.3 is 36.4 Å². The number of carbonyl (C=O) groups is 1. The van der Waals surface area contributed by atoms with Crippen LogP contribution in [-0.2, 0) is 4.79 Å². The summed E-state index contributed by atoms with van der Waals surface area (Å²) in [6.07, 6.45) is -6.86. The number of nitrogens with two attached hydrogens (primary N) is 1. The summed E-state index contributed by atoms with van der Waals surface area (Å²) in [5.41, 5.74) is 11.0. The van der Waals surface area contributed by atoms with Crippen molar-refractivity contribution in [2.45, 2.75) is 37.8 Å². The molecule has 0 aliphatic carbocycles. The molecule has 4 atom stereocenters. The van der Waals surface area contributed by atoms with Crippen LogP contribution < -0.4 is 5.73 Å². The smallest absolute Gasteiger partial charge is 0.335 e. The van der Waals surface area contributed by atoms with Crippen molar-refractivity contribution < 1.29 is 35.4 Å². The SMILES string of the molecule is CCC(CN)=C(c1ccccc1)c1ccccc1.O=C(O)C(O)C(O)C(O)C(O)CO. The topological polar surface area (TPSA) is 164 Å². The van der Waals surface area contributed by atoms with Gasteiger partial charge in [0, 0.05) is 6.54 Å². The third-order valence-electron chi connectivity index (χ3n) is 4.66. The zero-order valence-electron chi connectivity index (χ0n) is 17.4. The minimum Gasteiger partial charge on any atom is -0.479 e. The van der Waals surface area contributed by atoms with Crippen molar-refractivity contribution in [1.29, 1.82) is 0 Å². The summed E-state index contributed by atoms with van der Waals surface area (Å²) in [6, 6.07) is 21.0. The van der Waals surface area contributed by atoms with Crippen LogP contribution in [0.3, 0.4) is 0 Å². The Balaban J connectivity index is 0.000000330. The molecular formula is C23H31NO7. The molecule has 0 aliphatic rings. The highest BCUT2D eigenvalue weighted by atomic mass is 16.4. The molecule has 8 N–H and O–H groups in total. The van der Waals surface area contributed by atoms with Crippen molar-refractivity contribution in [1.82, 2.24) is 0 Å². The molecule has 2 rings (SSSR count). The fourth-order valence-electron chi connectivity index (χ4n) is 2.88. The second-order valence-electron chi connectivity index (χ2n) is 6.78. The van der Waals surface area contributed by atoms with E-state index >= 15 is 0 Å². The van der Waals surface area contributed by atoms with Gasteiger partial charge in [0.1, 0.15) is 18.3 Å². The summed E-state index contributed by atoms with van der Waals surface area (Å²) in [7, 11) is 0. The maximum Gasteiger partial charge on any atom is 0.335 e. The second-order valence-corrected chi connectivity index (χ2v) is 6.78. The molecular weight excluding hydrogens is 402 g/mol. The number of carboxylic acids is 1. The summed E-state index contributed by atoms with van der Waals surface area (Å²) in [5.74, 6) is -1.73. The van der Waals surface area contributed by atoms with Gasteiger partial charge in [-0.05, 0) is 28.7 Å². The standard InChI is InChI=1S/C17H19N.C6H12O7/c1-2-14(13-18)17(15-9-5-3-6-10-15)16-11-7-4-8-12-16;7-1-2(8)3(9)4(10)5(11)6(12)13/h3-12H,2,13,18H2,1H3;2-5,7-11H,1H2,(H,12,13). The third kappa shape index (κ3) is 7.87. The Hall–Kier alpha value is -2.59. The van der Waals surface area contributed by atoms with Gasteiger partial charge in [0.25, 0.3) is 0 Å². The fourth-order valence-corrected chi connectivity index (χ4v) is 2.88. The Labute approximate surface area is 181 Å². The molecule has 0 aliphatic heterocycles. The van der Waals surface area contributed by atoms with Gasteiger partial charge in [-0.15, -0.1) is 0 Å². The van der Waals surface area contributed by atoms with Crippen LogP contribution in [0.5, 0.6) is 0 Å². The van der Waals surface area contributed by atoms with Crippen LogP contribution in [0.2, 0.25) is 0 Å². The van der Waals surface area contributed by atoms with Crippen LogP contribution >= 0.6 is 0 Å². The molecule has 8 nitrogen and oxygen atoms in total. The number of aliphatic hydroxyl groups is 5. The monoisotopic (exact) mass is 433 g/mol. The molecule has 0 radical (unpaired) electrons. The molecule has 2 aromatic carbocycles. The lowest BCUT2D eigenvalue weighted by Gasteiger charge is -2.23. The Kier molecular flexibility index (Phi) is 11.7. The van der Waals surface area contributed by atoms with E-state index in [2.05, 4.69) is 55.5 Å². The first-order valence-electron chi connectivity index (χ1n) is 9.87. The first-order valence-corrected chi connectivity index (χ1v) is 9.87. The summed E-state index contributed by atoms with van der Waals surface area (Å²) >= 11 is 0. The summed E-state index contributed by atoms with van der Waals surface area (Å²) in [4.78, 5) is 10.1. The Morgan fingerprint density at radius 2 is 1.32 bits per heavy atom. The maximum atomic E-state index is 10.1. The molecule has 0 spiro atoms. The first-order chi connectivity index (χ1) is 14.8. The lowest BCUT2D eigenvalue weighted by molar-refractivity contribution is -0.164. The number of benzene rings is 2. The van der Waals surface area contributed by atoms with Gasteiger partial charge in [-0.1, -0.05) is 67.6 Å². The van der Waals surface area contributed by atoms with Crippen LogP contribution in [0.1, 0.15) is 24.5 Å². The van der Waals surface area contributed by atoms with Gasteiger partial charge >= 0.3 is 5.97 Å². The maximum absolute atomic E-state index is 10.1. The molecule has 0 saturated heterocycles. The number of aliphatic hydroxyl groups excluding tert-OH is 5. The molecule has 2 aromatic rings. The lowest BCUT2D eigenvalue weighted by atomic mass is 9.92. The largest absolute Gasteiger partial charge is 0.479 e. The highest BCUT2D eigenvalue weighted by molar-refractivity contribution is 5.82. The summed E-state index contributed by atoms with van der Waals surface area (Å²) in [5, 5.41) is 51.8. The van der Waals surface area contributed by atoms with Gasteiger partial charge in [0.05, 0.1) is 6.61 Å². The molecule has 31 heavy (non-hydrogen) atoms. The van der Waals surface area contributed by atoms with Crippen molar-refractivity contribution in [3.63, 3.8) is 0 Å². The zero-order valence-corrected chi connectivity index (χ0v) is 17.4. The molecule has 0 fully saturated rings. The average Bonchev–Trinajstić information content (AvgIpc) is 2.81. The van der Waals surface area contributed by atoms with E-state index in [0.29, 0.717) is 6.54 Å². The summed E-state index contributed by atoms with van der Waals surface area (Å²) < 4.78 is 0. The molecule has 0 saturated carbocycles. The van der Waals surface area contributed by atoms with Crippen molar-refractivity contribution >= 4 is 11.5 Å². The highest BCUT2D eigenvalue weighted by Crippen LogP contribution is 2.27. The van der Waals surface area contributed by atoms with Gasteiger partial charge in [-0.2, -0.15) is 0 Å². The van der Waals surface area contributed by atoms with Crippen molar-refractivity contribution in [2.24, 2.45) is 5.73 Å². The minimum atomic E-state index is -2.20. The van der Waals surface area contributed by atoms with Crippen molar-refractivity contribution in [3.05, 3.63) is 77.4 Å². The molecule has 0 aromatic heterocycles. The van der Waals surface area contributed by atoms with E-state index in [9.17, 15) is 4.79 Å². The van der Waals surface area contributed by atoms with Crippen LogP contribution in [-0.4, -0.2) is 74.2 Å². The molecule has 0 bridgehead atoms. The molecule has 0 heterocycles. The van der Waals surface area contributed by atoms with E-state index < -0.39 is 37.0 Å². The van der Waals surface area contributed by atoms with E-state index in [1.165, 1.54) is 22.3 Å². The molecule has 4 unspecified atom stereocenters. The first kappa shape index (κ1) is 26.4. The molecule has 0 amide bonds. The number of carboxylic acid groups (broad SMARTS) is 1. The van der Waals surface area contributed by atoms with Crippen LogP contribution in [0.25, 0.3) is 5.57 Å². The van der Waals surface area contributed by atoms with Gasteiger partial charge in [-0.25, -0.2) is 4.79 Å². The Morgan fingerprint density at radius 1 is 0.871 bits per heavy atom. The predicted octanol–water partition coefficient (Wildman–Crippen LogP) is 0.364. The zero-order chi connectivity index (χ0) is 23.4. The second kappa shape index (κ2) is 13.7. The predicted molar refractivity (Wildman–Crippen MR) is 117 cm³/mol. The Bertz CT molecular complexity index is 764. The number of aliphatic carboxylic acids is 1. The molecule has 170 valence electrons. The van der Waals surface area contributed by atoms with Gasteiger partial charge in [0.15, 0.2) is 6.10 Å². The van der Waals surface area contributed by atoms with Crippen LogP contribution in [0, 0.1) is 0 Å². The quantitative estimate of drug-likeness (QED) is 0.298. The van der Waals surface area contributed by atoms with Crippen molar-refractivity contribution in [2.75, 3.05) is 13.2 Å². The van der Waals surface area contributed by atoms with Gasteiger partial charge in [0.2, 0.25) is 0 Å². The van der Waals surface area contributed by atoms with Crippen molar-refractivity contribution in [3.8, 4) is 0 Å². The van der Waals surface area contributed by atoms with E-state index in [0.717, 1.165) is 6.42 Å². The number of hydrogen-bond acceptors (Lipinski definition) is 7. The normalized spacial score (nSPS) is 14.4. The third-order valence-corrected chi connectivity index (χ3v) is 4.66. The number of rotatable bonds is 9. The minimum absolute atomic E-state index is 0.607. The molecule has 8 heteroatoms. The van der Waals surface area contributed by atoms with E-state index in [-0.39, 0.29) is 0 Å². The lowest BCUT2D eigenvalue weighted by Crippen LogP contribution is -2.48. The summed E-state index contributed by atoms with van der Waals surface area (Å²) in [6.45, 7) is 1.92. The van der Waals surface area contributed by atoms with Gasteiger partial charge in [-0.3, -0.25) is 0 Å². The van der Waals surface area contributed by atoms with Crippen LogP contribution in [0.15, 0.2) is 66.2 Å². The fraction of sp³-hybridized carbons (Fsp3) is 0.348. The highest BCUT2D eigenvalue weighted by Gasteiger charge is 2.33. The Morgan fingerprint density at radius 3 is 1.65 bits per heavy atom. The number of hydrogen-bond donors (Lipinski definition) is 7. The van der Waals surface area contributed by atoms with E-state index in [4.69, 9.17) is 36.4 Å². The average molecular weight is 434 g/mol. The van der Waals surface area contributed by atoms with E-state index in [1.807, 2.05) is 12.1 Å². The van der Waals surface area contributed by atoms with E-state index in [1.54, 1.807) is 0 Å². The van der Waals surface area contributed by atoms with Crippen LogP contribution in [0.4, 0.5) is 0 Å².